The van der Waals surface area contributed by atoms with Gasteiger partial charge in [-0.25, -0.2) is 4.79 Å². The number of ether oxygens (including phenoxy) is 2. The van der Waals surface area contributed by atoms with Gasteiger partial charge in [-0.15, -0.1) is 0 Å². The number of esters is 1. The van der Waals surface area contributed by atoms with Crippen molar-refractivity contribution in [3.63, 3.8) is 0 Å². The number of benzene rings is 2. The maximum Gasteiger partial charge on any atom is 0.344 e. The number of rotatable bonds is 8. The van der Waals surface area contributed by atoms with Crippen molar-refractivity contribution in [3.8, 4) is 5.75 Å². The minimum Gasteiger partial charge on any atom is -0.479 e. The molecule has 0 aromatic heterocycles. The number of imide groups is 1. The van der Waals surface area contributed by atoms with E-state index in [1.54, 1.807) is 31.2 Å². The SMILES string of the molecule is CCOC(=O)COc1c(Cl)cc(/C=C2/SC(=O)N(CC(=O)Nc3ccccc3Cl)C2=O)cc1Cl. The van der Waals surface area contributed by atoms with Crippen LogP contribution in [-0.2, 0) is 19.1 Å². The fourth-order valence-electron chi connectivity index (χ4n) is 2.82. The molecular formula is C22H17Cl3N2O6S. The van der Waals surface area contributed by atoms with Crippen LogP contribution in [0.15, 0.2) is 41.3 Å². The van der Waals surface area contributed by atoms with Crippen LogP contribution in [0.2, 0.25) is 15.1 Å². The maximum atomic E-state index is 12.7. The van der Waals surface area contributed by atoms with E-state index >= 15 is 0 Å². The van der Waals surface area contributed by atoms with E-state index in [0.717, 1.165) is 4.90 Å². The van der Waals surface area contributed by atoms with Gasteiger partial charge in [-0.1, -0.05) is 46.9 Å². The summed E-state index contributed by atoms with van der Waals surface area (Å²) in [4.78, 5) is 49.8. The minimum atomic E-state index is -0.640. The number of para-hydroxylation sites is 1. The van der Waals surface area contributed by atoms with Crippen molar-refractivity contribution < 1.29 is 28.7 Å². The molecule has 3 rings (SSSR count). The topological polar surface area (TPSA) is 102 Å². The predicted octanol–water partition coefficient (Wildman–Crippen LogP) is 5.26. The Morgan fingerprint density at radius 2 is 1.76 bits per heavy atom. The van der Waals surface area contributed by atoms with Gasteiger partial charge in [0.15, 0.2) is 12.4 Å². The number of hydrogen-bond acceptors (Lipinski definition) is 7. The first-order chi connectivity index (χ1) is 16.2. The Morgan fingerprint density at radius 3 is 2.41 bits per heavy atom. The number of nitrogens with zero attached hydrogens (tertiary/aromatic N) is 1. The van der Waals surface area contributed by atoms with Gasteiger partial charge in [-0.3, -0.25) is 19.3 Å². The highest BCUT2D eigenvalue weighted by Gasteiger charge is 2.36. The smallest absolute Gasteiger partial charge is 0.344 e. The van der Waals surface area contributed by atoms with Gasteiger partial charge in [0.2, 0.25) is 5.91 Å². The van der Waals surface area contributed by atoms with Crippen molar-refractivity contribution in [2.24, 2.45) is 0 Å². The van der Waals surface area contributed by atoms with E-state index in [4.69, 9.17) is 44.3 Å². The quantitative estimate of drug-likeness (QED) is 0.358. The molecule has 34 heavy (non-hydrogen) atoms. The molecule has 0 unspecified atom stereocenters. The van der Waals surface area contributed by atoms with Gasteiger partial charge >= 0.3 is 5.97 Å². The van der Waals surface area contributed by atoms with Gasteiger partial charge in [0.25, 0.3) is 11.1 Å². The van der Waals surface area contributed by atoms with Gasteiger partial charge < -0.3 is 14.8 Å². The number of halogens is 3. The zero-order chi connectivity index (χ0) is 24.8. The van der Waals surface area contributed by atoms with Crippen LogP contribution >= 0.6 is 46.6 Å². The number of anilines is 1. The fourth-order valence-corrected chi connectivity index (χ4v) is 4.45. The van der Waals surface area contributed by atoms with Crippen LogP contribution in [-0.4, -0.2) is 47.7 Å². The largest absolute Gasteiger partial charge is 0.479 e. The van der Waals surface area contributed by atoms with E-state index in [1.807, 2.05) is 0 Å². The van der Waals surface area contributed by atoms with Gasteiger partial charge in [0, 0.05) is 0 Å². The van der Waals surface area contributed by atoms with Gasteiger partial charge in [0.1, 0.15) is 6.54 Å². The molecule has 1 fully saturated rings. The average molecular weight is 544 g/mol. The number of carbonyl (C=O) groups is 4. The van der Waals surface area contributed by atoms with Gasteiger partial charge in [-0.05, 0) is 54.6 Å². The molecule has 0 saturated carbocycles. The van der Waals surface area contributed by atoms with Crippen LogP contribution < -0.4 is 10.1 Å². The second kappa shape index (κ2) is 11.6. The van der Waals surface area contributed by atoms with Crippen LogP contribution in [0.25, 0.3) is 6.08 Å². The van der Waals surface area contributed by atoms with Crippen molar-refractivity contribution in [2.45, 2.75) is 6.92 Å². The Bertz CT molecular complexity index is 1160. The zero-order valence-electron chi connectivity index (χ0n) is 17.6. The summed E-state index contributed by atoms with van der Waals surface area (Å²) in [6.45, 7) is 1.02. The summed E-state index contributed by atoms with van der Waals surface area (Å²) < 4.78 is 10.1. The molecule has 178 valence electrons. The third-order valence-corrected chi connectivity index (χ3v) is 6.08. The molecule has 0 spiro atoms. The Labute approximate surface area is 214 Å². The van der Waals surface area contributed by atoms with Gasteiger partial charge in [-0.2, -0.15) is 0 Å². The molecule has 0 atom stereocenters. The maximum absolute atomic E-state index is 12.7. The van der Waals surface area contributed by atoms with E-state index in [0.29, 0.717) is 28.0 Å². The molecule has 12 heteroatoms. The molecule has 1 saturated heterocycles. The molecule has 8 nitrogen and oxygen atoms in total. The minimum absolute atomic E-state index is 0.0814. The first-order valence-electron chi connectivity index (χ1n) is 9.76. The molecule has 2 aromatic rings. The normalized spacial score (nSPS) is 14.5. The average Bonchev–Trinajstić information content (AvgIpc) is 3.02. The highest BCUT2D eigenvalue weighted by atomic mass is 35.5. The molecular weight excluding hydrogens is 527 g/mol. The molecule has 0 radical (unpaired) electrons. The van der Waals surface area contributed by atoms with Crippen molar-refractivity contribution in [1.82, 2.24) is 4.90 Å². The predicted molar refractivity (Wildman–Crippen MR) is 131 cm³/mol. The van der Waals surface area contributed by atoms with Crippen LogP contribution in [0.1, 0.15) is 12.5 Å². The Morgan fingerprint density at radius 1 is 1.09 bits per heavy atom. The number of amides is 3. The van der Waals surface area contributed by atoms with E-state index in [1.165, 1.54) is 18.2 Å². The third kappa shape index (κ3) is 6.44. The number of thioether (sulfide) groups is 1. The summed E-state index contributed by atoms with van der Waals surface area (Å²) in [5.41, 5.74) is 0.788. The standard InChI is InChI=1S/C22H17Cl3N2O6S/c1-2-32-19(29)11-33-20-14(24)7-12(8-15(20)25)9-17-21(30)27(22(31)34-17)10-18(28)26-16-6-4-3-5-13(16)23/h3-9H,2,10-11H2,1H3,(H,26,28)/b17-9+. The second-order valence-corrected chi connectivity index (χ2v) is 8.92. The van der Waals surface area contributed by atoms with Crippen molar-refractivity contribution >= 4 is 81.4 Å². The van der Waals surface area contributed by atoms with E-state index in [2.05, 4.69) is 5.32 Å². The summed E-state index contributed by atoms with van der Waals surface area (Å²) in [6.07, 6.45) is 1.42. The van der Waals surface area contributed by atoms with Crippen molar-refractivity contribution in [3.05, 3.63) is 61.9 Å². The molecule has 1 heterocycles. The first kappa shape index (κ1) is 25.9. The summed E-state index contributed by atoms with van der Waals surface area (Å²) in [7, 11) is 0. The summed E-state index contributed by atoms with van der Waals surface area (Å²) in [6, 6.07) is 9.52. The molecule has 0 aliphatic carbocycles. The molecule has 1 aliphatic rings. The van der Waals surface area contributed by atoms with Gasteiger partial charge in [0.05, 0.1) is 32.3 Å². The lowest BCUT2D eigenvalue weighted by molar-refractivity contribution is -0.145. The van der Waals surface area contributed by atoms with E-state index < -0.39 is 29.6 Å². The summed E-state index contributed by atoms with van der Waals surface area (Å²) in [5.74, 6) is -1.71. The highest BCUT2D eigenvalue weighted by Crippen LogP contribution is 2.37. The lowest BCUT2D eigenvalue weighted by atomic mass is 10.2. The summed E-state index contributed by atoms with van der Waals surface area (Å²) in [5, 5.41) is 2.49. The fraction of sp³-hybridized carbons (Fsp3) is 0.182. The van der Waals surface area contributed by atoms with Crippen molar-refractivity contribution in [1.29, 1.82) is 0 Å². The number of hydrogen-bond donors (Lipinski definition) is 1. The third-order valence-electron chi connectivity index (χ3n) is 4.28. The zero-order valence-corrected chi connectivity index (χ0v) is 20.7. The van der Waals surface area contributed by atoms with Crippen LogP contribution in [0.3, 0.4) is 0 Å². The first-order valence-corrected chi connectivity index (χ1v) is 11.7. The second-order valence-electron chi connectivity index (χ2n) is 6.70. The molecule has 3 amide bonds. The number of nitrogens with one attached hydrogen (secondary N) is 1. The molecule has 1 aliphatic heterocycles. The Kier molecular flexibility index (Phi) is 8.84. The molecule has 1 N–H and O–H groups in total. The highest BCUT2D eigenvalue weighted by molar-refractivity contribution is 8.18. The number of carbonyl (C=O) groups excluding carboxylic acids is 4. The van der Waals surface area contributed by atoms with Crippen molar-refractivity contribution in [2.75, 3.05) is 25.1 Å². The monoisotopic (exact) mass is 542 g/mol. The Hall–Kier alpha value is -2.72. The molecule has 0 bridgehead atoms. The summed E-state index contributed by atoms with van der Waals surface area (Å²) >= 11 is 19.1. The van der Waals surface area contributed by atoms with Crippen LogP contribution in [0.4, 0.5) is 10.5 Å². The molecule has 2 aromatic carbocycles. The van der Waals surface area contributed by atoms with E-state index in [-0.39, 0.29) is 33.9 Å². The van der Waals surface area contributed by atoms with E-state index in [9.17, 15) is 19.2 Å². The Balaban J connectivity index is 1.70. The lowest BCUT2D eigenvalue weighted by Gasteiger charge is -2.13. The lowest BCUT2D eigenvalue weighted by Crippen LogP contribution is -2.36. The van der Waals surface area contributed by atoms with Crippen LogP contribution in [0, 0.1) is 0 Å². The van der Waals surface area contributed by atoms with Crippen LogP contribution in [0.5, 0.6) is 5.75 Å².